The van der Waals surface area contributed by atoms with Crippen molar-refractivity contribution in [2.75, 3.05) is 26.0 Å². The van der Waals surface area contributed by atoms with Gasteiger partial charge in [-0.05, 0) is 51.2 Å². The molecule has 8 heteroatoms. The van der Waals surface area contributed by atoms with Crippen LogP contribution in [0.5, 0.6) is 0 Å². The Bertz CT molecular complexity index is 825. The molecule has 0 bridgehead atoms. The number of hydrogen-bond donors (Lipinski definition) is 1. The van der Waals surface area contributed by atoms with Crippen molar-refractivity contribution in [1.82, 2.24) is 15.1 Å². The van der Waals surface area contributed by atoms with Crippen LogP contribution in [0, 0.1) is 25.2 Å². The third kappa shape index (κ3) is 4.29. The lowest BCUT2D eigenvalue weighted by molar-refractivity contribution is -0.137. The predicted octanol–water partition coefficient (Wildman–Crippen LogP) is 3.70. The number of alkyl halides is 3. The van der Waals surface area contributed by atoms with Gasteiger partial charge < -0.3 is 10.2 Å². The second kappa shape index (κ2) is 7.70. The molecule has 0 radical (unpaired) electrons. The van der Waals surface area contributed by atoms with Crippen molar-refractivity contribution < 1.29 is 13.2 Å². The molecule has 26 heavy (non-hydrogen) atoms. The molecule has 0 saturated heterocycles. The van der Waals surface area contributed by atoms with E-state index in [0.29, 0.717) is 22.6 Å². The molecule has 5 nitrogen and oxygen atoms in total. The summed E-state index contributed by atoms with van der Waals surface area (Å²) in [5, 5.41) is 20.4. The van der Waals surface area contributed by atoms with Gasteiger partial charge in [-0.1, -0.05) is 12.1 Å². The first-order valence-electron chi connectivity index (χ1n) is 7.96. The zero-order valence-corrected chi connectivity index (χ0v) is 15.0. The van der Waals surface area contributed by atoms with E-state index in [1.807, 2.05) is 4.90 Å². The summed E-state index contributed by atoms with van der Waals surface area (Å²) >= 11 is 0. The maximum atomic E-state index is 13.0. The first-order chi connectivity index (χ1) is 12.1. The zero-order valence-electron chi connectivity index (χ0n) is 15.0. The van der Waals surface area contributed by atoms with E-state index in [1.165, 1.54) is 6.07 Å². The minimum Gasteiger partial charge on any atom is -0.366 e. The van der Waals surface area contributed by atoms with Crippen LogP contribution in [-0.4, -0.2) is 35.7 Å². The van der Waals surface area contributed by atoms with Crippen LogP contribution in [0.3, 0.4) is 0 Å². The number of hydrogen-bond acceptors (Lipinski definition) is 5. The second-order valence-corrected chi connectivity index (χ2v) is 6.23. The molecule has 0 amide bonds. The standard InChI is InChI=1S/C18H20F3N5/c1-11-12(2)24-25-17(15(11)9-22)23-10-16(26(3)4)13-6-5-7-14(8-13)18(19,20)21/h5-8,16H,10H2,1-4H3,(H,23,25). The average molecular weight is 363 g/mol. The van der Waals surface area contributed by atoms with Gasteiger partial charge in [-0.25, -0.2) is 0 Å². The van der Waals surface area contributed by atoms with Crippen LogP contribution in [0.25, 0.3) is 0 Å². The fourth-order valence-corrected chi connectivity index (χ4v) is 2.58. The summed E-state index contributed by atoms with van der Waals surface area (Å²) < 4.78 is 38.9. The summed E-state index contributed by atoms with van der Waals surface area (Å²) in [7, 11) is 3.56. The molecule has 0 aliphatic carbocycles. The Hall–Kier alpha value is -2.66. The number of likely N-dealkylation sites (N-methyl/N-ethyl adjacent to an activating group) is 1. The maximum Gasteiger partial charge on any atom is 0.416 e. The van der Waals surface area contributed by atoms with E-state index in [1.54, 1.807) is 34.0 Å². The van der Waals surface area contributed by atoms with Crippen molar-refractivity contribution in [3.63, 3.8) is 0 Å². The van der Waals surface area contributed by atoms with Crippen LogP contribution in [-0.2, 0) is 6.18 Å². The normalized spacial score (nSPS) is 12.7. The van der Waals surface area contributed by atoms with Gasteiger partial charge in [0.25, 0.3) is 0 Å². The van der Waals surface area contributed by atoms with Crippen LogP contribution in [0.2, 0.25) is 0 Å². The van der Waals surface area contributed by atoms with Gasteiger partial charge >= 0.3 is 6.18 Å². The number of rotatable bonds is 5. The lowest BCUT2D eigenvalue weighted by Crippen LogP contribution is -2.28. The molecule has 0 aliphatic heterocycles. The molecule has 138 valence electrons. The molecular formula is C18H20F3N5. The summed E-state index contributed by atoms with van der Waals surface area (Å²) in [6.07, 6.45) is -4.40. The molecule has 1 N–H and O–H groups in total. The Morgan fingerprint density at radius 3 is 2.50 bits per heavy atom. The molecule has 0 fully saturated rings. The Kier molecular flexibility index (Phi) is 5.83. The summed E-state index contributed by atoms with van der Waals surface area (Å²) in [6, 6.07) is 6.99. The van der Waals surface area contributed by atoms with Gasteiger partial charge in [0.2, 0.25) is 0 Å². The van der Waals surface area contributed by atoms with Crippen LogP contribution in [0.15, 0.2) is 24.3 Å². The molecule has 0 saturated carbocycles. The molecule has 1 aromatic carbocycles. The molecule has 1 atom stereocenters. The van der Waals surface area contributed by atoms with Crippen molar-refractivity contribution in [2.24, 2.45) is 0 Å². The smallest absolute Gasteiger partial charge is 0.366 e. The van der Waals surface area contributed by atoms with Gasteiger partial charge in [-0.15, -0.1) is 5.10 Å². The number of anilines is 1. The SMILES string of the molecule is Cc1nnc(NCC(c2cccc(C(F)(F)F)c2)N(C)C)c(C#N)c1C. The fourth-order valence-electron chi connectivity index (χ4n) is 2.58. The highest BCUT2D eigenvalue weighted by Crippen LogP contribution is 2.31. The third-order valence-electron chi connectivity index (χ3n) is 4.25. The monoisotopic (exact) mass is 363 g/mol. The lowest BCUT2D eigenvalue weighted by atomic mass is 10.0. The van der Waals surface area contributed by atoms with E-state index in [0.717, 1.165) is 17.7 Å². The molecule has 1 unspecified atom stereocenters. The van der Waals surface area contributed by atoms with Crippen LogP contribution < -0.4 is 5.32 Å². The highest BCUT2D eigenvalue weighted by atomic mass is 19.4. The van der Waals surface area contributed by atoms with E-state index in [4.69, 9.17) is 0 Å². The topological polar surface area (TPSA) is 64.8 Å². The lowest BCUT2D eigenvalue weighted by Gasteiger charge is -2.26. The van der Waals surface area contributed by atoms with Crippen molar-refractivity contribution >= 4 is 5.82 Å². The minimum atomic E-state index is -4.40. The molecule has 2 aromatic rings. The van der Waals surface area contributed by atoms with E-state index in [-0.39, 0.29) is 12.6 Å². The number of nitrogens with one attached hydrogen (secondary N) is 1. The number of nitrogens with zero attached hydrogens (tertiary/aromatic N) is 4. The van der Waals surface area contributed by atoms with Crippen LogP contribution in [0.1, 0.15) is 34.0 Å². The number of benzene rings is 1. The van der Waals surface area contributed by atoms with E-state index in [9.17, 15) is 18.4 Å². The molecular weight excluding hydrogens is 343 g/mol. The highest BCUT2D eigenvalue weighted by molar-refractivity contribution is 5.56. The van der Waals surface area contributed by atoms with E-state index < -0.39 is 11.7 Å². The second-order valence-electron chi connectivity index (χ2n) is 6.23. The largest absolute Gasteiger partial charge is 0.416 e. The molecule has 2 rings (SSSR count). The van der Waals surface area contributed by atoms with Gasteiger partial charge in [-0.2, -0.15) is 23.5 Å². The Morgan fingerprint density at radius 1 is 1.23 bits per heavy atom. The Labute approximate surface area is 150 Å². The van der Waals surface area contributed by atoms with Gasteiger partial charge in [0.05, 0.1) is 17.3 Å². The maximum absolute atomic E-state index is 13.0. The summed E-state index contributed by atoms with van der Waals surface area (Å²) in [6.45, 7) is 3.82. The number of aromatic nitrogens is 2. The summed E-state index contributed by atoms with van der Waals surface area (Å²) in [5.74, 6) is 0.328. The summed E-state index contributed by atoms with van der Waals surface area (Å²) in [5.41, 5.74) is 1.61. The predicted molar refractivity (Wildman–Crippen MR) is 92.6 cm³/mol. The average Bonchev–Trinajstić information content (AvgIpc) is 2.57. The molecule has 1 heterocycles. The summed E-state index contributed by atoms with van der Waals surface area (Å²) in [4.78, 5) is 1.81. The number of aryl methyl sites for hydroxylation is 1. The highest BCUT2D eigenvalue weighted by Gasteiger charge is 2.31. The van der Waals surface area contributed by atoms with Gasteiger partial charge in [0.15, 0.2) is 5.82 Å². The van der Waals surface area contributed by atoms with Crippen LogP contribution >= 0.6 is 0 Å². The van der Waals surface area contributed by atoms with E-state index in [2.05, 4.69) is 21.6 Å². The van der Waals surface area contributed by atoms with Gasteiger partial charge in [0.1, 0.15) is 11.6 Å². The Morgan fingerprint density at radius 2 is 1.92 bits per heavy atom. The quantitative estimate of drug-likeness (QED) is 0.878. The van der Waals surface area contributed by atoms with Crippen LogP contribution in [0.4, 0.5) is 19.0 Å². The van der Waals surface area contributed by atoms with Gasteiger partial charge in [0, 0.05) is 6.54 Å². The molecule has 1 aromatic heterocycles. The minimum absolute atomic E-state index is 0.278. The Balaban J connectivity index is 2.29. The van der Waals surface area contributed by atoms with Crippen molar-refractivity contribution in [1.29, 1.82) is 5.26 Å². The fraction of sp³-hybridized carbons (Fsp3) is 0.389. The third-order valence-corrected chi connectivity index (χ3v) is 4.25. The molecule has 0 aliphatic rings. The first-order valence-corrected chi connectivity index (χ1v) is 7.96. The van der Waals surface area contributed by atoms with E-state index >= 15 is 0 Å². The molecule has 0 spiro atoms. The van der Waals surface area contributed by atoms with Crippen molar-refractivity contribution in [2.45, 2.75) is 26.1 Å². The number of halogens is 3. The number of nitriles is 1. The van der Waals surface area contributed by atoms with Crippen molar-refractivity contribution in [3.05, 3.63) is 52.2 Å². The van der Waals surface area contributed by atoms with Gasteiger partial charge in [-0.3, -0.25) is 0 Å². The first kappa shape index (κ1) is 19.7. The zero-order chi connectivity index (χ0) is 19.5. The van der Waals surface area contributed by atoms with Crippen molar-refractivity contribution in [3.8, 4) is 6.07 Å².